The number of benzene rings is 2. The van der Waals surface area contributed by atoms with Crippen LogP contribution in [-0.2, 0) is 13.2 Å². The maximum absolute atomic E-state index is 9.14. The van der Waals surface area contributed by atoms with E-state index in [9.17, 15) is 0 Å². The van der Waals surface area contributed by atoms with Crippen molar-refractivity contribution in [3.63, 3.8) is 0 Å². The Hall–Kier alpha value is -1.84. The summed E-state index contributed by atoms with van der Waals surface area (Å²) in [6.45, 7) is 3.59. The summed E-state index contributed by atoms with van der Waals surface area (Å²) in [4.78, 5) is 0. The molecule has 1 unspecified atom stereocenters. The van der Waals surface area contributed by atoms with E-state index in [4.69, 9.17) is 9.84 Å². The van der Waals surface area contributed by atoms with E-state index in [1.54, 1.807) is 0 Å². The van der Waals surface area contributed by atoms with Crippen LogP contribution >= 0.6 is 0 Å². The van der Waals surface area contributed by atoms with Crippen LogP contribution in [0.4, 0.5) is 0 Å². The molecule has 0 aliphatic carbocycles. The molecule has 0 radical (unpaired) electrons. The zero-order valence-corrected chi connectivity index (χ0v) is 12.5. The SMILES string of the molecule is CCC(CO)NCc1ccc(OCc2ccccc2)cc1. The Labute approximate surface area is 126 Å². The van der Waals surface area contributed by atoms with Crippen LogP contribution in [0.1, 0.15) is 24.5 Å². The first-order valence-electron chi connectivity index (χ1n) is 7.41. The minimum atomic E-state index is 0.166. The predicted octanol–water partition coefficient (Wildman–Crippen LogP) is 3.13. The summed E-state index contributed by atoms with van der Waals surface area (Å²) in [5.41, 5.74) is 2.35. The van der Waals surface area contributed by atoms with Crippen molar-refractivity contribution in [3.05, 3.63) is 65.7 Å². The molecule has 3 heteroatoms. The molecule has 0 spiro atoms. The highest BCUT2D eigenvalue weighted by atomic mass is 16.5. The van der Waals surface area contributed by atoms with Gasteiger partial charge in [0.25, 0.3) is 0 Å². The van der Waals surface area contributed by atoms with Gasteiger partial charge in [-0.25, -0.2) is 0 Å². The highest BCUT2D eigenvalue weighted by molar-refractivity contribution is 5.27. The smallest absolute Gasteiger partial charge is 0.119 e. The molecule has 0 aliphatic heterocycles. The van der Waals surface area contributed by atoms with Crippen molar-refractivity contribution in [3.8, 4) is 5.75 Å². The molecule has 0 aromatic heterocycles. The van der Waals surface area contributed by atoms with Gasteiger partial charge in [-0.3, -0.25) is 0 Å². The third-order valence-electron chi connectivity index (χ3n) is 3.48. The molecule has 2 aromatic rings. The van der Waals surface area contributed by atoms with E-state index in [-0.39, 0.29) is 12.6 Å². The van der Waals surface area contributed by atoms with Gasteiger partial charge in [-0.15, -0.1) is 0 Å². The van der Waals surface area contributed by atoms with Gasteiger partial charge in [0.1, 0.15) is 12.4 Å². The maximum atomic E-state index is 9.14. The molecule has 2 rings (SSSR count). The van der Waals surface area contributed by atoms with Crippen molar-refractivity contribution in [2.24, 2.45) is 0 Å². The highest BCUT2D eigenvalue weighted by Gasteiger charge is 2.03. The Bertz CT molecular complexity index is 507. The monoisotopic (exact) mass is 285 g/mol. The lowest BCUT2D eigenvalue weighted by molar-refractivity contribution is 0.238. The van der Waals surface area contributed by atoms with Crippen molar-refractivity contribution in [2.75, 3.05) is 6.61 Å². The molecule has 0 amide bonds. The molecule has 0 bridgehead atoms. The largest absolute Gasteiger partial charge is 0.489 e. The molecule has 2 N–H and O–H groups in total. The van der Waals surface area contributed by atoms with Crippen molar-refractivity contribution in [1.29, 1.82) is 0 Å². The molecule has 21 heavy (non-hydrogen) atoms. The number of rotatable bonds is 8. The quantitative estimate of drug-likeness (QED) is 0.783. The minimum absolute atomic E-state index is 0.166. The summed E-state index contributed by atoms with van der Waals surface area (Å²) in [6, 6.07) is 18.4. The standard InChI is InChI=1S/C18H23NO2/c1-2-17(13-20)19-12-15-8-10-18(11-9-15)21-14-16-6-4-3-5-7-16/h3-11,17,19-20H,2,12-14H2,1H3. The van der Waals surface area contributed by atoms with Gasteiger partial charge in [-0.2, -0.15) is 0 Å². The van der Waals surface area contributed by atoms with E-state index in [0.29, 0.717) is 6.61 Å². The Morgan fingerprint density at radius 1 is 1.00 bits per heavy atom. The number of nitrogens with one attached hydrogen (secondary N) is 1. The number of aliphatic hydroxyl groups excluding tert-OH is 1. The Morgan fingerprint density at radius 3 is 2.33 bits per heavy atom. The van der Waals surface area contributed by atoms with Crippen LogP contribution in [0.3, 0.4) is 0 Å². The van der Waals surface area contributed by atoms with Crippen molar-refractivity contribution in [1.82, 2.24) is 5.32 Å². The second-order valence-corrected chi connectivity index (χ2v) is 5.09. The molecular formula is C18H23NO2. The lowest BCUT2D eigenvalue weighted by atomic mass is 10.2. The van der Waals surface area contributed by atoms with Crippen LogP contribution in [0, 0.1) is 0 Å². The minimum Gasteiger partial charge on any atom is -0.489 e. The van der Waals surface area contributed by atoms with Crippen LogP contribution in [0.5, 0.6) is 5.75 Å². The van der Waals surface area contributed by atoms with Gasteiger partial charge in [0.2, 0.25) is 0 Å². The molecule has 0 aliphatic rings. The predicted molar refractivity (Wildman–Crippen MR) is 85.2 cm³/mol. The van der Waals surface area contributed by atoms with Gasteiger partial charge in [0.15, 0.2) is 0 Å². The Kier molecular flexibility index (Phi) is 6.25. The van der Waals surface area contributed by atoms with Gasteiger partial charge in [0, 0.05) is 12.6 Å². The highest BCUT2D eigenvalue weighted by Crippen LogP contribution is 2.14. The second-order valence-electron chi connectivity index (χ2n) is 5.09. The van der Waals surface area contributed by atoms with Crippen molar-refractivity contribution >= 4 is 0 Å². The topological polar surface area (TPSA) is 41.5 Å². The first-order chi connectivity index (χ1) is 10.3. The van der Waals surface area contributed by atoms with E-state index in [1.165, 1.54) is 5.56 Å². The van der Waals surface area contributed by atoms with Gasteiger partial charge in [-0.05, 0) is 29.7 Å². The van der Waals surface area contributed by atoms with E-state index in [0.717, 1.165) is 24.3 Å². The summed E-state index contributed by atoms with van der Waals surface area (Å²) in [6.07, 6.45) is 0.925. The third-order valence-corrected chi connectivity index (χ3v) is 3.48. The van der Waals surface area contributed by atoms with Crippen molar-refractivity contribution in [2.45, 2.75) is 32.5 Å². The van der Waals surface area contributed by atoms with Crippen LogP contribution in [-0.4, -0.2) is 17.8 Å². The maximum Gasteiger partial charge on any atom is 0.119 e. The first-order valence-corrected chi connectivity index (χ1v) is 7.41. The number of hydrogen-bond donors (Lipinski definition) is 2. The van der Waals surface area contributed by atoms with Gasteiger partial charge in [-0.1, -0.05) is 49.4 Å². The lowest BCUT2D eigenvalue weighted by Crippen LogP contribution is -2.31. The molecule has 1 atom stereocenters. The fourth-order valence-corrected chi connectivity index (χ4v) is 2.04. The molecule has 2 aromatic carbocycles. The van der Waals surface area contributed by atoms with Gasteiger partial charge < -0.3 is 15.2 Å². The molecule has 0 heterocycles. The molecule has 0 saturated carbocycles. The Morgan fingerprint density at radius 2 is 1.71 bits per heavy atom. The molecule has 3 nitrogen and oxygen atoms in total. The molecule has 0 fully saturated rings. The van der Waals surface area contributed by atoms with Crippen LogP contribution < -0.4 is 10.1 Å². The van der Waals surface area contributed by atoms with Gasteiger partial charge in [0.05, 0.1) is 6.61 Å². The number of aliphatic hydroxyl groups is 1. The van der Waals surface area contributed by atoms with E-state index in [1.807, 2.05) is 30.3 Å². The summed E-state index contributed by atoms with van der Waals surface area (Å²) in [5, 5.41) is 12.5. The summed E-state index contributed by atoms with van der Waals surface area (Å²) in [7, 11) is 0. The van der Waals surface area contributed by atoms with Gasteiger partial charge >= 0.3 is 0 Å². The van der Waals surface area contributed by atoms with E-state index < -0.39 is 0 Å². The second kappa shape index (κ2) is 8.45. The fourth-order valence-electron chi connectivity index (χ4n) is 2.04. The summed E-state index contributed by atoms with van der Waals surface area (Å²) >= 11 is 0. The zero-order valence-electron chi connectivity index (χ0n) is 12.5. The van der Waals surface area contributed by atoms with Crippen LogP contribution in [0.15, 0.2) is 54.6 Å². The average molecular weight is 285 g/mol. The lowest BCUT2D eigenvalue weighted by Gasteiger charge is -2.14. The summed E-state index contributed by atoms with van der Waals surface area (Å²) in [5.74, 6) is 0.872. The fraction of sp³-hybridized carbons (Fsp3) is 0.333. The van der Waals surface area contributed by atoms with E-state index in [2.05, 4.69) is 36.5 Å². The molecule has 0 saturated heterocycles. The summed E-state index contributed by atoms with van der Waals surface area (Å²) < 4.78 is 5.75. The Balaban J connectivity index is 1.81. The number of ether oxygens (including phenoxy) is 1. The van der Waals surface area contributed by atoms with Crippen molar-refractivity contribution < 1.29 is 9.84 Å². The third kappa shape index (κ3) is 5.21. The normalized spacial score (nSPS) is 12.1. The average Bonchev–Trinajstić information content (AvgIpc) is 2.56. The molecule has 112 valence electrons. The first kappa shape index (κ1) is 15.5. The van der Waals surface area contributed by atoms with Crippen LogP contribution in [0.2, 0.25) is 0 Å². The number of hydrogen-bond acceptors (Lipinski definition) is 3. The van der Waals surface area contributed by atoms with Crippen LogP contribution in [0.25, 0.3) is 0 Å². The zero-order chi connectivity index (χ0) is 14.9. The van der Waals surface area contributed by atoms with E-state index >= 15 is 0 Å². The molecular weight excluding hydrogens is 262 g/mol.